The Hall–Kier alpha value is -1.75. The predicted octanol–water partition coefficient (Wildman–Crippen LogP) is 3.61. The van der Waals surface area contributed by atoms with E-state index >= 15 is 0 Å². The Bertz CT molecular complexity index is 611. The first-order chi connectivity index (χ1) is 13.1. The molecule has 2 N–H and O–H groups in total. The van der Waals surface area contributed by atoms with Gasteiger partial charge in [0.1, 0.15) is 5.75 Å². The standard InChI is InChI=1S/C22H35N3O2/c1-25(2)22(26)24-18-10-8-16(9-11-18)12-13-23-15-17-14-20(17)19-6-4-5-7-21(19)27-3/h4-7,16-18,20,23H,8-15H2,1-3H3,(H,24,26)/t16-,17-,18-,20+/m0/s1. The molecular weight excluding hydrogens is 338 g/mol. The molecule has 2 amide bonds. The molecule has 2 aliphatic carbocycles. The molecular formula is C22H35N3O2. The zero-order valence-electron chi connectivity index (χ0n) is 17.0. The van der Waals surface area contributed by atoms with Crippen molar-refractivity contribution in [2.75, 3.05) is 34.3 Å². The monoisotopic (exact) mass is 373 g/mol. The average Bonchev–Trinajstić information content (AvgIpc) is 3.45. The van der Waals surface area contributed by atoms with Crippen molar-refractivity contribution < 1.29 is 9.53 Å². The number of amides is 2. The quantitative estimate of drug-likeness (QED) is 0.685. The van der Waals surface area contributed by atoms with Crippen LogP contribution in [0, 0.1) is 11.8 Å². The second-order valence-electron chi connectivity index (χ2n) is 8.40. The van der Waals surface area contributed by atoms with Crippen LogP contribution in [0.2, 0.25) is 0 Å². The van der Waals surface area contributed by atoms with E-state index in [2.05, 4.69) is 28.8 Å². The van der Waals surface area contributed by atoms with E-state index in [0.29, 0.717) is 12.0 Å². The van der Waals surface area contributed by atoms with Gasteiger partial charge in [-0.05, 0) is 81.0 Å². The summed E-state index contributed by atoms with van der Waals surface area (Å²) in [6.45, 7) is 2.21. The van der Waals surface area contributed by atoms with Gasteiger partial charge in [-0.3, -0.25) is 0 Å². The number of urea groups is 1. The van der Waals surface area contributed by atoms with Crippen molar-refractivity contribution in [3.05, 3.63) is 29.8 Å². The first kappa shape index (κ1) is 20.0. The summed E-state index contributed by atoms with van der Waals surface area (Å²) in [6, 6.07) is 8.81. The van der Waals surface area contributed by atoms with Gasteiger partial charge < -0.3 is 20.3 Å². The van der Waals surface area contributed by atoms with Gasteiger partial charge in [0.2, 0.25) is 0 Å². The van der Waals surface area contributed by atoms with Crippen molar-refractivity contribution in [3.63, 3.8) is 0 Å². The van der Waals surface area contributed by atoms with Gasteiger partial charge in [-0.25, -0.2) is 4.79 Å². The van der Waals surface area contributed by atoms with Crippen LogP contribution < -0.4 is 15.4 Å². The Balaban J connectivity index is 1.28. The first-order valence-corrected chi connectivity index (χ1v) is 10.4. The molecule has 0 aromatic heterocycles. The van der Waals surface area contributed by atoms with Crippen LogP contribution in [-0.4, -0.2) is 51.3 Å². The van der Waals surface area contributed by atoms with Gasteiger partial charge in [-0.1, -0.05) is 18.2 Å². The second kappa shape index (κ2) is 9.45. The molecule has 1 aromatic carbocycles. The van der Waals surface area contributed by atoms with Gasteiger partial charge in [0.25, 0.3) is 0 Å². The minimum Gasteiger partial charge on any atom is -0.496 e. The number of rotatable bonds is 8. The molecule has 150 valence electrons. The molecule has 5 heteroatoms. The highest BCUT2D eigenvalue weighted by Crippen LogP contribution is 2.49. The number of carbonyl (C=O) groups excluding carboxylic acids is 1. The summed E-state index contributed by atoms with van der Waals surface area (Å²) in [5.74, 6) is 3.24. The van der Waals surface area contributed by atoms with Crippen molar-refractivity contribution in [1.82, 2.24) is 15.5 Å². The third-order valence-corrected chi connectivity index (χ3v) is 6.18. The minimum atomic E-state index is 0.0363. The van der Waals surface area contributed by atoms with Crippen LogP contribution in [0.3, 0.4) is 0 Å². The van der Waals surface area contributed by atoms with E-state index in [1.165, 1.54) is 31.2 Å². The van der Waals surface area contributed by atoms with Crippen LogP contribution in [-0.2, 0) is 0 Å². The van der Waals surface area contributed by atoms with Gasteiger partial charge in [-0.2, -0.15) is 0 Å². The van der Waals surface area contributed by atoms with E-state index in [-0.39, 0.29) is 6.03 Å². The predicted molar refractivity (Wildman–Crippen MR) is 109 cm³/mol. The van der Waals surface area contributed by atoms with Crippen LogP contribution in [0.15, 0.2) is 24.3 Å². The maximum Gasteiger partial charge on any atom is 0.317 e. The van der Waals surface area contributed by atoms with Gasteiger partial charge in [0, 0.05) is 20.1 Å². The Morgan fingerprint density at radius 2 is 1.93 bits per heavy atom. The highest BCUT2D eigenvalue weighted by Gasteiger charge is 2.39. The molecule has 2 saturated carbocycles. The minimum absolute atomic E-state index is 0.0363. The average molecular weight is 374 g/mol. The fourth-order valence-electron chi connectivity index (χ4n) is 4.32. The summed E-state index contributed by atoms with van der Waals surface area (Å²) in [6.07, 6.45) is 7.20. The molecule has 0 unspecified atom stereocenters. The van der Waals surface area contributed by atoms with Gasteiger partial charge >= 0.3 is 6.03 Å². The lowest BCUT2D eigenvalue weighted by Crippen LogP contribution is -2.43. The zero-order chi connectivity index (χ0) is 19.2. The van der Waals surface area contributed by atoms with Crippen molar-refractivity contribution in [1.29, 1.82) is 0 Å². The van der Waals surface area contributed by atoms with Crippen molar-refractivity contribution in [3.8, 4) is 5.75 Å². The van der Waals surface area contributed by atoms with E-state index in [0.717, 1.165) is 43.5 Å². The summed E-state index contributed by atoms with van der Waals surface area (Å²) in [5.41, 5.74) is 1.37. The Morgan fingerprint density at radius 1 is 1.19 bits per heavy atom. The number of ether oxygens (including phenoxy) is 1. The molecule has 0 spiro atoms. The van der Waals surface area contributed by atoms with Crippen molar-refractivity contribution in [2.24, 2.45) is 11.8 Å². The normalized spacial score (nSPS) is 27.1. The highest BCUT2D eigenvalue weighted by molar-refractivity contribution is 5.73. The molecule has 5 nitrogen and oxygen atoms in total. The molecule has 0 saturated heterocycles. The Kier molecular flexibility index (Phi) is 7.00. The fourth-order valence-corrected chi connectivity index (χ4v) is 4.32. The third-order valence-electron chi connectivity index (χ3n) is 6.18. The van der Waals surface area contributed by atoms with Crippen LogP contribution in [0.5, 0.6) is 5.75 Å². The second-order valence-corrected chi connectivity index (χ2v) is 8.40. The molecule has 1 aromatic rings. The summed E-state index contributed by atoms with van der Waals surface area (Å²) < 4.78 is 5.50. The van der Waals surface area contributed by atoms with E-state index in [1.54, 1.807) is 26.1 Å². The van der Waals surface area contributed by atoms with Crippen LogP contribution in [0.1, 0.15) is 50.0 Å². The van der Waals surface area contributed by atoms with E-state index in [9.17, 15) is 4.79 Å². The number of para-hydroxylation sites is 1. The maximum absolute atomic E-state index is 11.7. The molecule has 0 radical (unpaired) electrons. The largest absolute Gasteiger partial charge is 0.496 e. The molecule has 0 bridgehead atoms. The van der Waals surface area contributed by atoms with Crippen LogP contribution in [0.4, 0.5) is 4.79 Å². The lowest BCUT2D eigenvalue weighted by Gasteiger charge is -2.30. The summed E-state index contributed by atoms with van der Waals surface area (Å²) in [7, 11) is 5.35. The molecule has 2 fully saturated rings. The van der Waals surface area contributed by atoms with Crippen LogP contribution in [0.25, 0.3) is 0 Å². The topological polar surface area (TPSA) is 53.6 Å². The fraction of sp³-hybridized carbons (Fsp3) is 0.682. The number of benzene rings is 1. The SMILES string of the molecule is COc1ccccc1[C@@H]1C[C@H]1CNCC[C@H]1CC[C@H](NC(=O)N(C)C)CC1. The highest BCUT2D eigenvalue weighted by atomic mass is 16.5. The summed E-state index contributed by atoms with van der Waals surface area (Å²) >= 11 is 0. The summed E-state index contributed by atoms with van der Waals surface area (Å²) in [5, 5.41) is 6.79. The lowest BCUT2D eigenvalue weighted by atomic mass is 9.84. The van der Waals surface area contributed by atoms with Gasteiger partial charge in [0.05, 0.1) is 7.11 Å². The number of methoxy groups -OCH3 is 1. The summed E-state index contributed by atoms with van der Waals surface area (Å²) in [4.78, 5) is 13.4. The molecule has 2 aliphatic rings. The van der Waals surface area contributed by atoms with E-state index in [1.807, 2.05) is 6.07 Å². The van der Waals surface area contributed by atoms with E-state index in [4.69, 9.17) is 4.74 Å². The molecule has 0 aliphatic heterocycles. The third kappa shape index (κ3) is 5.61. The lowest BCUT2D eigenvalue weighted by molar-refractivity contribution is 0.203. The molecule has 0 heterocycles. The number of hydrogen-bond acceptors (Lipinski definition) is 3. The molecule has 3 rings (SSSR count). The van der Waals surface area contributed by atoms with Gasteiger partial charge in [-0.15, -0.1) is 0 Å². The number of carbonyl (C=O) groups is 1. The smallest absolute Gasteiger partial charge is 0.317 e. The van der Waals surface area contributed by atoms with Crippen molar-refractivity contribution >= 4 is 6.03 Å². The Morgan fingerprint density at radius 3 is 2.63 bits per heavy atom. The maximum atomic E-state index is 11.7. The van der Waals surface area contributed by atoms with Gasteiger partial charge in [0.15, 0.2) is 0 Å². The number of hydrogen-bond donors (Lipinski definition) is 2. The van der Waals surface area contributed by atoms with Crippen LogP contribution >= 0.6 is 0 Å². The molecule has 2 atom stereocenters. The zero-order valence-corrected chi connectivity index (χ0v) is 17.0. The van der Waals surface area contributed by atoms with E-state index < -0.39 is 0 Å². The number of nitrogens with zero attached hydrogens (tertiary/aromatic N) is 1. The molecule has 27 heavy (non-hydrogen) atoms. The number of nitrogens with one attached hydrogen (secondary N) is 2. The first-order valence-electron chi connectivity index (χ1n) is 10.4. The Labute approximate surface area is 163 Å². The van der Waals surface area contributed by atoms with Crippen molar-refractivity contribution in [2.45, 2.75) is 50.5 Å².